The number of esters is 1. The quantitative estimate of drug-likeness (QED) is 0.458. The van der Waals surface area contributed by atoms with E-state index in [1.165, 1.54) is 25.1 Å². The van der Waals surface area contributed by atoms with Crippen molar-refractivity contribution in [3.63, 3.8) is 0 Å². The molecule has 3 rings (SSSR count). The van der Waals surface area contributed by atoms with Crippen molar-refractivity contribution in [2.75, 3.05) is 14.2 Å². The topological polar surface area (TPSA) is 119 Å². The molecule has 0 amide bonds. The zero-order valence-electron chi connectivity index (χ0n) is 17.2. The first kappa shape index (κ1) is 21.3. The van der Waals surface area contributed by atoms with Gasteiger partial charge in [0.15, 0.2) is 23.9 Å². The van der Waals surface area contributed by atoms with Gasteiger partial charge < -0.3 is 18.7 Å². The fraction of sp³-hybridized carbons (Fsp3) is 0.450. The first-order chi connectivity index (χ1) is 14.5. The highest BCUT2D eigenvalue weighted by molar-refractivity contribution is 5.81. The van der Waals surface area contributed by atoms with E-state index in [-0.39, 0.29) is 24.5 Å². The molecule has 0 N–H and O–H groups in total. The van der Waals surface area contributed by atoms with E-state index in [9.17, 15) is 9.59 Å². The summed E-state index contributed by atoms with van der Waals surface area (Å²) in [5, 5.41) is 4.22. The van der Waals surface area contributed by atoms with Gasteiger partial charge in [0.2, 0.25) is 0 Å². The number of methoxy groups -OCH3 is 2. The van der Waals surface area contributed by atoms with E-state index in [1.54, 1.807) is 12.1 Å². The van der Waals surface area contributed by atoms with Crippen molar-refractivity contribution in [1.29, 1.82) is 0 Å². The third-order valence-corrected chi connectivity index (χ3v) is 4.45. The number of hydrogen-bond donors (Lipinski definition) is 0. The molecule has 0 saturated heterocycles. The van der Waals surface area contributed by atoms with Crippen molar-refractivity contribution >= 4 is 16.9 Å². The Hall–Kier alpha value is -3.43. The molecular formula is C20H24N4O6. The molecule has 160 valence electrons. The molecule has 0 spiro atoms. The second-order valence-corrected chi connectivity index (χ2v) is 6.59. The maximum absolute atomic E-state index is 12.7. The number of ether oxygens (including phenoxy) is 3. The molecule has 1 aromatic carbocycles. The molecule has 0 unspecified atom stereocenters. The fourth-order valence-electron chi connectivity index (χ4n) is 2.93. The van der Waals surface area contributed by atoms with Crippen LogP contribution in [0.4, 0.5) is 0 Å². The van der Waals surface area contributed by atoms with E-state index in [1.807, 2.05) is 6.92 Å². The van der Waals surface area contributed by atoms with Gasteiger partial charge in [0.1, 0.15) is 0 Å². The summed E-state index contributed by atoms with van der Waals surface area (Å²) in [5.74, 6) is 1.42. The number of nitrogens with zero attached hydrogens (tertiary/aromatic N) is 4. The molecule has 2 aromatic heterocycles. The Kier molecular flexibility index (Phi) is 6.99. The highest BCUT2D eigenvalue weighted by atomic mass is 16.6. The van der Waals surface area contributed by atoms with Crippen LogP contribution in [0.3, 0.4) is 0 Å². The second kappa shape index (κ2) is 9.86. The lowest BCUT2D eigenvalue weighted by molar-refractivity contribution is -0.145. The molecule has 0 saturated carbocycles. The molecule has 0 aliphatic heterocycles. The van der Waals surface area contributed by atoms with Crippen molar-refractivity contribution in [2.45, 2.75) is 45.8 Å². The van der Waals surface area contributed by atoms with Gasteiger partial charge in [0.25, 0.3) is 11.4 Å². The highest BCUT2D eigenvalue weighted by Gasteiger charge is 2.12. The Morgan fingerprint density at radius 2 is 1.97 bits per heavy atom. The van der Waals surface area contributed by atoms with Crippen molar-refractivity contribution < 1.29 is 23.5 Å². The Balaban J connectivity index is 1.56. The van der Waals surface area contributed by atoms with Gasteiger partial charge >= 0.3 is 5.97 Å². The third kappa shape index (κ3) is 4.94. The number of carbonyl (C=O) groups excluding carboxylic acids is 1. The summed E-state index contributed by atoms with van der Waals surface area (Å²) in [7, 11) is 3.02. The number of carbonyl (C=O) groups is 1. The summed E-state index contributed by atoms with van der Waals surface area (Å²) in [5.41, 5.74) is 0.291. The van der Waals surface area contributed by atoms with Crippen molar-refractivity contribution in [2.24, 2.45) is 0 Å². The normalized spacial score (nSPS) is 10.9. The second-order valence-electron chi connectivity index (χ2n) is 6.59. The molecule has 0 aliphatic carbocycles. The lowest BCUT2D eigenvalue weighted by atomic mass is 10.2. The third-order valence-electron chi connectivity index (χ3n) is 4.45. The number of rotatable bonds is 10. The number of hydrogen-bond acceptors (Lipinski definition) is 9. The Labute approximate surface area is 172 Å². The highest BCUT2D eigenvalue weighted by Crippen LogP contribution is 2.29. The lowest BCUT2D eigenvalue weighted by Crippen LogP contribution is -2.21. The molecule has 0 atom stereocenters. The lowest BCUT2D eigenvalue weighted by Gasteiger charge is -2.10. The van der Waals surface area contributed by atoms with Crippen molar-refractivity contribution in [3.8, 4) is 11.5 Å². The first-order valence-electron chi connectivity index (χ1n) is 9.64. The Bertz CT molecular complexity index is 1070. The van der Waals surface area contributed by atoms with Crippen LogP contribution in [0.5, 0.6) is 11.5 Å². The molecule has 30 heavy (non-hydrogen) atoms. The summed E-state index contributed by atoms with van der Waals surface area (Å²) in [6, 6.07) is 3.26. The average Bonchev–Trinajstić information content (AvgIpc) is 3.21. The van der Waals surface area contributed by atoms with Crippen LogP contribution in [0, 0.1) is 0 Å². The van der Waals surface area contributed by atoms with Crippen LogP contribution in [0.15, 0.2) is 27.8 Å². The molecule has 10 nitrogen and oxygen atoms in total. The molecular weight excluding hydrogens is 392 g/mol. The van der Waals surface area contributed by atoms with Gasteiger partial charge in [-0.1, -0.05) is 12.1 Å². The van der Waals surface area contributed by atoms with Crippen molar-refractivity contribution in [3.05, 3.63) is 40.5 Å². The largest absolute Gasteiger partial charge is 0.493 e. The first-order valence-corrected chi connectivity index (χ1v) is 9.64. The molecule has 0 aliphatic rings. The van der Waals surface area contributed by atoms with E-state index in [4.69, 9.17) is 18.7 Å². The van der Waals surface area contributed by atoms with Gasteiger partial charge in [-0.15, -0.1) is 0 Å². The summed E-state index contributed by atoms with van der Waals surface area (Å²) in [6.45, 7) is 2.28. The zero-order valence-corrected chi connectivity index (χ0v) is 17.2. The zero-order chi connectivity index (χ0) is 21.5. The van der Waals surface area contributed by atoms with E-state index < -0.39 is 5.97 Å². The predicted octanol–water partition coefficient (Wildman–Crippen LogP) is 2.27. The van der Waals surface area contributed by atoms with Gasteiger partial charge in [-0.25, -0.2) is 4.98 Å². The maximum atomic E-state index is 12.7. The summed E-state index contributed by atoms with van der Waals surface area (Å²) in [6.07, 6.45) is 3.64. The van der Waals surface area contributed by atoms with E-state index in [0.29, 0.717) is 47.6 Å². The van der Waals surface area contributed by atoms with Gasteiger partial charge in [-0.3, -0.25) is 14.2 Å². The molecule has 0 radical (unpaired) electrons. The van der Waals surface area contributed by atoms with Crippen LogP contribution >= 0.6 is 0 Å². The summed E-state index contributed by atoms with van der Waals surface area (Å²) >= 11 is 0. The minimum Gasteiger partial charge on any atom is -0.493 e. The van der Waals surface area contributed by atoms with Crippen molar-refractivity contribution in [1.82, 2.24) is 19.7 Å². The van der Waals surface area contributed by atoms with Gasteiger partial charge in [0, 0.05) is 25.5 Å². The number of benzene rings is 1. The fourth-order valence-corrected chi connectivity index (χ4v) is 2.93. The number of fused-ring (bicyclic) bond motifs is 1. The van der Waals surface area contributed by atoms with E-state index >= 15 is 0 Å². The number of aromatic nitrogens is 4. The van der Waals surface area contributed by atoms with Crippen LogP contribution in [0.1, 0.15) is 37.9 Å². The summed E-state index contributed by atoms with van der Waals surface area (Å²) in [4.78, 5) is 33.1. The standard InChI is InChI=1S/C20H24N4O6/c1-4-6-17-22-18(30-23-17)11-29-19(25)7-5-8-24-12-21-14-10-16(28-3)15(27-2)9-13(14)20(24)26/h9-10,12H,4-8,11H2,1-3H3. The minimum absolute atomic E-state index is 0.0609. The average molecular weight is 416 g/mol. The Morgan fingerprint density at radius 1 is 1.20 bits per heavy atom. The van der Waals surface area contributed by atoms with Gasteiger partial charge in [-0.05, 0) is 18.9 Å². The molecule has 10 heteroatoms. The molecule has 0 fully saturated rings. The van der Waals surface area contributed by atoms with Crippen LogP contribution < -0.4 is 15.0 Å². The summed E-state index contributed by atoms with van der Waals surface area (Å²) < 4.78 is 22.1. The number of aryl methyl sites for hydroxylation is 2. The molecule has 0 bridgehead atoms. The SMILES string of the molecule is CCCc1noc(COC(=O)CCCn2cnc3cc(OC)c(OC)cc3c2=O)n1. The van der Waals surface area contributed by atoms with Crippen LogP contribution in [0.25, 0.3) is 10.9 Å². The van der Waals surface area contributed by atoms with Crippen LogP contribution in [0.2, 0.25) is 0 Å². The van der Waals surface area contributed by atoms with E-state index in [2.05, 4.69) is 15.1 Å². The van der Waals surface area contributed by atoms with E-state index in [0.717, 1.165) is 6.42 Å². The van der Waals surface area contributed by atoms with Crippen LogP contribution in [-0.4, -0.2) is 39.9 Å². The Morgan fingerprint density at radius 3 is 2.70 bits per heavy atom. The molecule has 2 heterocycles. The molecule has 3 aromatic rings. The maximum Gasteiger partial charge on any atom is 0.306 e. The van der Waals surface area contributed by atoms with Crippen LogP contribution in [-0.2, 0) is 29.1 Å². The minimum atomic E-state index is -0.404. The monoisotopic (exact) mass is 416 g/mol. The van der Waals surface area contributed by atoms with Gasteiger partial charge in [0.05, 0.1) is 31.4 Å². The smallest absolute Gasteiger partial charge is 0.306 e. The van der Waals surface area contributed by atoms with Gasteiger partial charge in [-0.2, -0.15) is 4.98 Å². The predicted molar refractivity (Wildman–Crippen MR) is 106 cm³/mol.